The van der Waals surface area contributed by atoms with Crippen molar-refractivity contribution in [3.8, 4) is 11.1 Å². The molecule has 0 heterocycles. The van der Waals surface area contributed by atoms with Gasteiger partial charge in [0.05, 0.1) is 5.69 Å². The van der Waals surface area contributed by atoms with Gasteiger partial charge in [0.25, 0.3) is 0 Å². The molecule has 0 aliphatic heterocycles. The lowest BCUT2D eigenvalue weighted by atomic mass is 9.84. The topological polar surface area (TPSA) is 18.5 Å². The Morgan fingerprint density at radius 2 is 0.731 bits per heavy atom. The molecule has 0 bridgehead atoms. The fourth-order valence-electron chi connectivity index (χ4n) is 10.7. The third-order valence-electron chi connectivity index (χ3n) is 13.5. The molecule has 13 rings (SSSR count). The minimum Gasteiger partial charge on any atom is -0.356 e. The maximum Gasteiger partial charge on any atom is 0.0619 e. The first-order valence-electron chi connectivity index (χ1n) is 23.0. The summed E-state index contributed by atoms with van der Waals surface area (Å²) in [6.07, 6.45) is 0. The van der Waals surface area contributed by atoms with Gasteiger partial charge < -0.3 is 15.1 Å². The summed E-state index contributed by atoms with van der Waals surface area (Å²) < 4.78 is 0. The smallest absolute Gasteiger partial charge is 0.0619 e. The summed E-state index contributed by atoms with van der Waals surface area (Å²) in [6, 6.07) is 92.7. The zero-order valence-electron chi connectivity index (χ0n) is 36.6. The Balaban J connectivity index is 1.19. The molecule has 13 aromatic rings. The Morgan fingerprint density at radius 3 is 1.33 bits per heavy atom. The van der Waals surface area contributed by atoms with Crippen LogP contribution in [0.15, 0.2) is 255 Å². The van der Waals surface area contributed by atoms with Gasteiger partial charge in [-0.05, 0) is 150 Å². The van der Waals surface area contributed by atoms with Crippen molar-refractivity contribution in [2.75, 3.05) is 15.1 Å². The minimum absolute atomic E-state index is 1.02. The molecule has 0 saturated heterocycles. The molecule has 3 nitrogen and oxygen atoms in total. The number of anilines is 8. The Morgan fingerprint density at radius 1 is 0.254 bits per heavy atom. The van der Waals surface area contributed by atoms with Crippen molar-refractivity contribution in [2.45, 2.75) is 0 Å². The van der Waals surface area contributed by atoms with Crippen LogP contribution >= 0.6 is 0 Å². The third kappa shape index (κ3) is 6.43. The second-order valence-electron chi connectivity index (χ2n) is 17.3. The van der Waals surface area contributed by atoms with E-state index in [0.29, 0.717) is 0 Å². The minimum atomic E-state index is 1.02. The molecule has 0 aliphatic rings. The van der Waals surface area contributed by atoms with Crippen LogP contribution in [0.25, 0.3) is 75.8 Å². The van der Waals surface area contributed by atoms with E-state index >= 15 is 0 Å². The van der Waals surface area contributed by atoms with Gasteiger partial charge in [-0.15, -0.1) is 0 Å². The molecular weight excluding hydrogens is 811 g/mol. The van der Waals surface area contributed by atoms with Gasteiger partial charge in [0.15, 0.2) is 0 Å². The van der Waals surface area contributed by atoms with Crippen molar-refractivity contribution >= 4 is 110 Å². The van der Waals surface area contributed by atoms with E-state index in [2.05, 4.69) is 270 Å². The van der Waals surface area contributed by atoms with Crippen LogP contribution in [0.3, 0.4) is 0 Å². The highest BCUT2D eigenvalue weighted by Crippen LogP contribution is 2.52. The normalized spacial score (nSPS) is 11.6. The highest BCUT2D eigenvalue weighted by Gasteiger charge is 2.26. The maximum absolute atomic E-state index is 3.76. The van der Waals surface area contributed by atoms with Gasteiger partial charge in [-0.2, -0.15) is 0 Å². The fraction of sp³-hybridized carbons (Fsp3) is 0. The molecule has 0 aliphatic carbocycles. The largest absolute Gasteiger partial charge is 0.356 e. The first-order chi connectivity index (χ1) is 33.3. The average molecular weight is 854 g/mol. The molecule has 0 aromatic heterocycles. The molecule has 67 heavy (non-hydrogen) atoms. The molecule has 0 amide bonds. The van der Waals surface area contributed by atoms with Crippen LogP contribution in [0, 0.1) is 0 Å². The number of nitrogens with zero attached hydrogens (tertiary/aromatic N) is 2. The summed E-state index contributed by atoms with van der Waals surface area (Å²) in [4.78, 5) is 4.82. The predicted octanol–water partition coefficient (Wildman–Crippen LogP) is 18.4. The Hall–Kier alpha value is -8.92. The summed E-state index contributed by atoms with van der Waals surface area (Å²) in [5.74, 6) is 0. The molecule has 314 valence electrons. The van der Waals surface area contributed by atoms with Gasteiger partial charge in [-0.3, -0.25) is 0 Å². The Labute approximate surface area is 389 Å². The molecule has 0 radical (unpaired) electrons. The summed E-state index contributed by atoms with van der Waals surface area (Å²) in [5, 5.41) is 18.6. The molecule has 0 saturated carbocycles. The number of fused-ring (bicyclic) bond motifs is 4. The molecule has 0 fully saturated rings. The van der Waals surface area contributed by atoms with Crippen LogP contribution in [0.1, 0.15) is 0 Å². The first-order valence-corrected chi connectivity index (χ1v) is 23.0. The van der Waals surface area contributed by atoms with E-state index in [-0.39, 0.29) is 0 Å². The Kier molecular flexibility index (Phi) is 9.17. The van der Waals surface area contributed by atoms with E-state index in [1.807, 2.05) is 0 Å². The van der Waals surface area contributed by atoms with E-state index < -0.39 is 0 Å². The van der Waals surface area contributed by atoms with Gasteiger partial charge in [0, 0.05) is 50.6 Å². The number of nitrogens with one attached hydrogen (secondary N) is 1. The number of hydrogen-bond acceptors (Lipinski definition) is 3. The molecule has 13 aromatic carbocycles. The zero-order valence-corrected chi connectivity index (χ0v) is 36.6. The number of para-hydroxylation sites is 5. The highest BCUT2D eigenvalue weighted by atomic mass is 15.2. The van der Waals surface area contributed by atoms with E-state index in [4.69, 9.17) is 0 Å². The quantitative estimate of drug-likeness (QED) is 0.115. The summed E-state index contributed by atoms with van der Waals surface area (Å²) in [6.45, 7) is 0. The second kappa shape index (κ2) is 16.0. The van der Waals surface area contributed by atoms with Gasteiger partial charge >= 0.3 is 0 Å². The first kappa shape index (κ1) is 38.5. The Bertz CT molecular complexity index is 3800. The summed E-state index contributed by atoms with van der Waals surface area (Å²) in [7, 11) is 0. The van der Waals surface area contributed by atoms with Gasteiger partial charge in [-0.1, -0.05) is 170 Å². The lowest BCUT2D eigenvalue weighted by molar-refractivity contribution is 1.29. The van der Waals surface area contributed by atoms with Gasteiger partial charge in [0.2, 0.25) is 0 Å². The molecule has 0 unspecified atom stereocenters. The van der Waals surface area contributed by atoms with Crippen molar-refractivity contribution in [1.82, 2.24) is 0 Å². The second-order valence-corrected chi connectivity index (χ2v) is 17.3. The highest BCUT2D eigenvalue weighted by molar-refractivity contribution is 6.35. The maximum atomic E-state index is 3.76. The third-order valence-corrected chi connectivity index (χ3v) is 13.5. The zero-order chi connectivity index (χ0) is 44.3. The van der Waals surface area contributed by atoms with Crippen LogP contribution < -0.4 is 15.1 Å². The average Bonchev–Trinajstić information content (AvgIpc) is 3.39. The SMILES string of the molecule is c1ccc(Nc2ccc3c(-c4ccc5c6cccc7cccc(c8cccc4c85)c76)c4cc(N(c5ccccc5)c5ccccc5)ccc4c(N(c4ccccc4)c4ccccc4)c3c2)cc1. The van der Waals surface area contributed by atoms with Crippen LogP contribution in [-0.4, -0.2) is 0 Å². The van der Waals surface area contributed by atoms with Crippen molar-refractivity contribution in [1.29, 1.82) is 0 Å². The predicted molar refractivity (Wildman–Crippen MR) is 287 cm³/mol. The van der Waals surface area contributed by atoms with E-state index in [9.17, 15) is 0 Å². The summed E-state index contributed by atoms with van der Waals surface area (Å²) >= 11 is 0. The fourth-order valence-corrected chi connectivity index (χ4v) is 10.7. The molecular formula is C64H43N3. The number of rotatable bonds is 9. The van der Waals surface area contributed by atoms with Crippen molar-refractivity contribution in [3.63, 3.8) is 0 Å². The van der Waals surface area contributed by atoms with Gasteiger partial charge in [-0.25, -0.2) is 0 Å². The van der Waals surface area contributed by atoms with Crippen LogP contribution in [0.5, 0.6) is 0 Å². The lowest BCUT2D eigenvalue weighted by Gasteiger charge is -2.31. The summed E-state index contributed by atoms with van der Waals surface area (Å²) in [5.41, 5.74) is 11.0. The standard InChI is InChI=1S/C64H43N3/c1-6-21-44(22-7-1)65-45-35-37-57-60(41-45)64(67(48-27-12-4-13-28-48)49-29-14-5-15-30-49)58-38-36-50(66(46-23-8-2-9-24-46)47-25-10-3-11-26-47)42-59(58)63(57)56-40-39-55-52-32-17-20-43-19-16-31-51(61(43)52)53-33-18-34-54(56)62(53)55/h1-42,65H. The number of benzene rings is 13. The lowest BCUT2D eigenvalue weighted by Crippen LogP contribution is -2.12. The molecule has 0 spiro atoms. The van der Waals surface area contributed by atoms with E-state index in [1.165, 1.54) is 59.6 Å². The number of hydrogen-bond donors (Lipinski definition) is 1. The molecule has 3 heteroatoms. The van der Waals surface area contributed by atoms with Crippen LogP contribution in [-0.2, 0) is 0 Å². The van der Waals surface area contributed by atoms with Gasteiger partial charge in [0.1, 0.15) is 0 Å². The molecule has 1 N–H and O–H groups in total. The monoisotopic (exact) mass is 853 g/mol. The van der Waals surface area contributed by atoms with Crippen molar-refractivity contribution < 1.29 is 0 Å². The van der Waals surface area contributed by atoms with Crippen LogP contribution in [0.2, 0.25) is 0 Å². The van der Waals surface area contributed by atoms with E-state index in [1.54, 1.807) is 0 Å². The molecule has 0 atom stereocenters. The van der Waals surface area contributed by atoms with E-state index in [0.717, 1.165) is 61.7 Å². The van der Waals surface area contributed by atoms with Crippen molar-refractivity contribution in [3.05, 3.63) is 255 Å². The van der Waals surface area contributed by atoms with Crippen LogP contribution in [0.4, 0.5) is 45.5 Å². The van der Waals surface area contributed by atoms with Crippen molar-refractivity contribution in [2.24, 2.45) is 0 Å².